The van der Waals surface area contributed by atoms with E-state index in [9.17, 15) is 9.59 Å². The normalized spacial score (nSPS) is 22.6. The van der Waals surface area contributed by atoms with Gasteiger partial charge in [0, 0.05) is 52.2 Å². The number of carbonyl (C=O) groups excluding carboxylic acids is 2. The summed E-state index contributed by atoms with van der Waals surface area (Å²) in [5.41, 5.74) is 0.971. The second-order valence-electron chi connectivity index (χ2n) is 7.25. The first-order valence-electron chi connectivity index (χ1n) is 9.42. The van der Waals surface area contributed by atoms with Crippen molar-refractivity contribution in [2.24, 2.45) is 5.92 Å². The van der Waals surface area contributed by atoms with E-state index in [-0.39, 0.29) is 37.6 Å². The van der Waals surface area contributed by atoms with Crippen LogP contribution in [0.2, 0.25) is 0 Å². The topological polar surface area (TPSA) is 82.6 Å². The molecule has 146 valence electrons. The molecule has 1 N–H and O–H groups in total. The third-order valence-electron chi connectivity index (χ3n) is 5.47. The minimum Gasteiger partial charge on any atom is -0.454 e. The van der Waals surface area contributed by atoms with Gasteiger partial charge >= 0.3 is 0 Å². The number of nitrogens with zero attached hydrogens (tertiary/aromatic N) is 3. The zero-order chi connectivity index (χ0) is 18.8. The summed E-state index contributed by atoms with van der Waals surface area (Å²) in [7, 11) is 0. The van der Waals surface area contributed by atoms with Crippen LogP contribution in [0.1, 0.15) is 12.0 Å². The van der Waals surface area contributed by atoms with Crippen molar-refractivity contribution >= 4 is 11.8 Å². The van der Waals surface area contributed by atoms with Gasteiger partial charge in [-0.05, 0) is 17.7 Å². The number of fused-ring (bicyclic) bond motifs is 1. The van der Waals surface area contributed by atoms with Gasteiger partial charge in [0.2, 0.25) is 18.6 Å². The number of carbonyl (C=O) groups is 2. The molecule has 2 saturated heterocycles. The molecule has 8 heteroatoms. The number of hydrogen-bond donors (Lipinski definition) is 1. The zero-order valence-corrected chi connectivity index (χ0v) is 15.3. The summed E-state index contributed by atoms with van der Waals surface area (Å²) >= 11 is 0. The average Bonchev–Trinajstić information content (AvgIpc) is 3.28. The smallest absolute Gasteiger partial charge is 0.231 e. The van der Waals surface area contributed by atoms with Crippen LogP contribution < -0.4 is 9.47 Å². The highest BCUT2D eigenvalue weighted by Gasteiger charge is 2.37. The first-order chi connectivity index (χ1) is 13.1. The molecule has 3 heterocycles. The van der Waals surface area contributed by atoms with E-state index >= 15 is 0 Å². The lowest BCUT2D eigenvalue weighted by molar-refractivity contribution is -0.137. The highest BCUT2D eigenvalue weighted by Crippen LogP contribution is 2.33. The molecule has 0 aliphatic carbocycles. The van der Waals surface area contributed by atoms with Gasteiger partial charge in [-0.25, -0.2) is 0 Å². The van der Waals surface area contributed by atoms with Gasteiger partial charge in [-0.2, -0.15) is 0 Å². The van der Waals surface area contributed by atoms with Gasteiger partial charge < -0.3 is 24.4 Å². The standard InChI is InChI=1S/C19H25N3O5/c23-8-7-20-3-5-21(6-4-20)19(25)15-10-18(24)22(12-15)11-14-1-2-16-17(9-14)27-13-26-16/h1-2,9,15,23H,3-8,10-13H2. The molecule has 2 amide bonds. The largest absolute Gasteiger partial charge is 0.454 e. The van der Waals surface area contributed by atoms with Gasteiger partial charge in [0.05, 0.1) is 12.5 Å². The molecule has 1 atom stereocenters. The number of ether oxygens (including phenoxy) is 2. The van der Waals surface area contributed by atoms with Crippen molar-refractivity contribution in [2.75, 3.05) is 52.7 Å². The number of hydrogen-bond acceptors (Lipinski definition) is 6. The fraction of sp³-hybridized carbons (Fsp3) is 0.579. The predicted octanol–water partition coefficient (Wildman–Crippen LogP) is -0.0997. The Hall–Kier alpha value is -2.32. The number of piperazine rings is 1. The molecule has 0 radical (unpaired) electrons. The molecular formula is C19H25N3O5. The Bertz CT molecular complexity index is 717. The second-order valence-corrected chi connectivity index (χ2v) is 7.25. The van der Waals surface area contributed by atoms with Crippen molar-refractivity contribution in [1.29, 1.82) is 0 Å². The van der Waals surface area contributed by atoms with Crippen molar-refractivity contribution in [3.63, 3.8) is 0 Å². The SMILES string of the molecule is O=C1CC(C(=O)N2CCN(CCO)CC2)CN1Cc1ccc2c(c1)OCO2. The van der Waals surface area contributed by atoms with Crippen molar-refractivity contribution in [1.82, 2.24) is 14.7 Å². The van der Waals surface area contributed by atoms with Crippen LogP contribution in [0.15, 0.2) is 18.2 Å². The molecule has 4 rings (SSSR count). The third-order valence-corrected chi connectivity index (χ3v) is 5.47. The molecule has 1 aromatic rings. The van der Waals surface area contributed by atoms with E-state index in [0.717, 1.165) is 24.4 Å². The molecule has 3 aliphatic rings. The van der Waals surface area contributed by atoms with Gasteiger partial charge in [-0.15, -0.1) is 0 Å². The van der Waals surface area contributed by atoms with Crippen molar-refractivity contribution in [3.8, 4) is 11.5 Å². The molecular weight excluding hydrogens is 350 g/mol. The molecule has 0 aromatic heterocycles. The van der Waals surface area contributed by atoms with Gasteiger partial charge in [0.15, 0.2) is 11.5 Å². The van der Waals surface area contributed by atoms with Crippen molar-refractivity contribution in [3.05, 3.63) is 23.8 Å². The number of benzene rings is 1. The highest BCUT2D eigenvalue weighted by atomic mass is 16.7. The Morgan fingerprint density at radius 3 is 2.70 bits per heavy atom. The van der Waals surface area contributed by atoms with Gasteiger partial charge in [0.1, 0.15) is 0 Å². The van der Waals surface area contributed by atoms with Crippen LogP contribution in [-0.2, 0) is 16.1 Å². The molecule has 0 spiro atoms. The van der Waals surface area contributed by atoms with Crippen molar-refractivity contribution in [2.45, 2.75) is 13.0 Å². The Morgan fingerprint density at radius 2 is 1.93 bits per heavy atom. The molecule has 1 unspecified atom stereocenters. The van der Waals surface area contributed by atoms with E-state index in [0.29, 0.717) is 38.5 Å². The number of rotatable bonds is 5. The van der Waals surface area contributed by atoms with Crippen molar-refractivity contribution < 1.29 is 24.2 Å². The molecule has 0 bridgehead atoms. The van der Waals surface area contributed by atoms with Crippen LogP contribution in [-0.4, -0.2) is 84.3 Å². The molecule has 3 aliphatic heterocycles. The number of aliphatic hydroxyl groups excluding tert-OH is 1. The minimum absolute atomic E-state index is 0.0185. The molecule has 1 aromatic carbocycles. The van der Waals surface area contributed by atoms with E-state index in [1.54, 1.807) is 4.90 Å². The lowest BCUT2D eigenvalue weighted by Gasteiger charge is -2.35. The molecule has 27 heavy (non-hydrogen) atoms. The second kappa shape index (κ2) is 7.74. The summed E-state index contributed by atoms with van der Waals surface area (Å²) in [6.45, 7) is 4.81. The van der Waals surface area contributed by atoms with E-state index in [1.807, 2.05) is 23.1 Å². The summed E-state index contributed by atoms with van der Waals surface area (Å²) < 4.78 is 10.7. The Labute approximate surface area is 158 Å². The van der Waals surface area contributed by atoms with Crippen LogP contribution in [0.3, 0.4) is 0 Å². The molecule has 8 nitrogen and oxygen atoms in total. The summed E-state index contributed by atoms with van der Waals surface area (Å²) in [5, 5.41) is 9.02. The number of likely N-dealkylation sites (tertiary alicyclic amines) is 1. The first kappa shape index (κ1) is 18.1. The molecule has 2 fully saturated rings. The van der Waals surface area contributed by atoms with E-state index in [1.165, 1.54) is 0 Å². The monoisotopic (exact) mass is 375 g/mol. The summed E-state index contributed by atoms with van der Waals surface area (Å²) in [6, 6.07) is 5.67. The summed E-state index contributed by atoms with van der Waals surface area (Å²) in [4.78, 5) is 31.0. The van der Waals surface area contributed by atoms with E-state index in [2.05, 4.69) is 4.90 Å². The quantitative estimate of drug-likeness (QED) is 0.774. The third kappa shape index (κ3) is 3.86. The maximum atomic E-state index is 12.8. The average molecular weight is 375 g/mol. The summed E-state index contributed by atoms with van der Waals surface area (Å²) in [6.07, 6.45) is 0.278. The van der Waals surface area contributed by atoms with Crippen LogP contribution in [0.5, 0.6) is 11.5 Å². The van der Waals surface area contributed by atoms with Crippen LogP contribution in [0.4, 0.5) is 0 Å². The maximum absolute atomic E-state index is 12.8. The number of amides is 2. The van der Waals surface area contributed by atoms with Gasteiger partial charge in [0.25, 0.3) is 0 Å². The lowest BCUT2D eigenvalue weighted by atomic mass is 10.1. The van der Waals surface area contributed by atoms with Crippen LogP contribution in [0, 0.1) is 5.92 Å². The highest BCUT2D eigenvalue weighted by molar-refractivity contribution is 5.89. The predicted molar refractivity (Wildman–Crippen MR) is 96.2 cm³/mol. The fourth-order valence-electron chi connectivity index (χ4n) is 3.94. The Morgan fingerprint density at radius 1 is 1.15 bits per heavy atom. The Kier molecular flexibility index (Phi) is 5.18. The van der Waals surface area contributed by atoms with Crippen LogP contribution >= 0.6 is 0 Å². The number of aliphatic hydroxyl groups is 1. The first-order valence-corrected chi connectivity index (χ1v) is 9.42. The maximum Gasteiger partial charge on any atom is 0.231 e. The minimum atomic E-state index is -0.268. The van der Waals surface area contributed by atoms with Crippen LogP contribution in [0.25, 0.3) is 0 Å². The number of β-amino-alcohol motifs (C(OH)–C–C–N with tert-alkyl or cyclic N) is 1. The fourth-order valence-corrected chi connectivity index (χ4v) is 3.94. The van der Waals surface area contributed by atoms with E-state index < -0.39 is 0 Å². The summed E-state index contributed by atoms with van der Waals surface area (Å²) in [5.74, 6) is 1.24. The Balaban J connectivity index is 1.33. The van der Waals surface area contributed by atoms with Gasteiger partial charge in [-0.1, -0.05) is 6.07 Å². The van der Waals surface area contributed by atoms with E-state index in [4.69, 9.17) is 14.6 Å². The molecule has 0 saturated carbocycles. The zero-order valence-electron chi connectivity index (χ0n) is 15.3. The lowest BCUT2D eigenvalue weighted by Crippen LogP contribution is -2.51. The van der Waals surface area contributed by atoms with Gasteiger partial charge in [-0.3, -0.25) is 14.5 Å².